The predicted octanol–water partition coefficient (Wildman–Crippen LogP) is 1.56. The van der Waals surface area contributed by atoms with E-state index in [1.54, 1.807) is 0 Å². The highest BCUT2D eigenvalue weighted by Gasteiger charge is 2.25. The van der Waals surface area contributed by atoms with Crippen molar-refractivity contribution < 1.29 is 5.11 Å². The van der Waals surface area contributed by atoms with Gasteiger partial charge in [-0.25, -0.2) is 0 Å². The van der Waals surface area contributed by atoms with Crippen molar-refractivity contribution in [1.82, 2.24) is 0 Å². The molecule has 0 aromatic heterocycles. The van der Waals surface area contributed by atoms with Gasteiger partial charge in [-0.15, -0.1) is 0 Å². The van der Waals surface area contributed by atoms with E-state index in [-0.39, 0.29) is 5.56 Å². The molecular weight excluding hydrogens is 254 g/mol. The fourth-order valence-electron chi connectivity index (χ4n) is 2.97. The lowest BCUT2D eigenvalue weighted by Crippen LogP contribution is -2.32. The standard InChI is InChI=1S/C16H11NO3/c18-14-12(15(19)16(14)20)11-7-9-3-1-5-17-6-2-4-10(8-11)13(9)17/h1-3,6-8,18H,4-5H2. The largest absolute Gasteiger partial charge is 0.503 e. The zero-order valence-electron chi connectivity index (χ0n) is 10.6. The van der Waals surface area contributed by atoms with Crippen molar-refractivity contribution in [2.24, 2.45) is 0 Å². The minimum Gasteiger partial charge on any atom is -0.503 e. The lowest BCUT2D eigenvalue weighted by molar-refractivity contribution is 0.465. The van der Waals surface area contributed by atoms with Gasteiger partial charge in [0.25, 0.3) is 5.43 Å². The average Bonchev–Trinajstić information content (AvgIpc) is 2.47. The highest BCUT2D eigenvalue weighted by atomic mass is 16.3. The quantitative estimate of drug-likeness (QED) is 0.795. The molecule has 0 radical (unpaired) electrons. The predicted molar refractivity (Wildman–Crippen MR) is 77.7 cm³/mol. The Balaban J connectivity index is 1.97. The summed E-state index contributed by atoms with van der Waals surface area (Å²) in [7, 11) is 0. The number of aromatic hydroxyl groups is 1. The first kappa shape index (κ1) is 11.2. The van der Waals surface area contributed by atoms with Gasteiger partial charge in [0.1, 0.15) is 0 Å². The van der Waals surface area contributed by atoms with Crippen LogP contribution in [0, 0.1) is 0 Å². The zero-order chi connectivity index (χ0) is 13.9. The maximum Gasteiger partial charge on any atom is 0.268 e. The summed E-state index contributed by atoms with van der Waals surface area (Å²) in [5.74, 6) is -0.412. The molecule has 2 heterocycles. The van der Waals surface area contributed by atoms with Gasteiger partial charge in [-0.05, 0) is 35.2 Å². The first-order valence-corrected chi connectivity index (χ1v) is 6.46. The molecule has 4 heteroatoms. The molecule has 2 aromatic carbocycles. The first-order valence-electron chi connectivity index (χ1n) is 6.46. The highest BCUT2D eigenvalue weighted by Crippen LogP contribution is 2.38. The molecule has 0 saturated carbocycles. The lowest BCUT2D eigenvalue weighted by Gasteiger charge is -2.30. The molecule has 1 N–H and O–H groups in total. The van der Waals surface area contributed by atoms with E-state index in [2.05, 4.69) is 17.2 Å². The third-order valence-electron chi connectivity index (χ3n) is 3.90. The number of hydrogen-bond donors (Lipinski definition) is 1. The number of hydrogen-bond acceptors (Lipinski definition) is 4. The van der Waals surface area contributed by atoms with Crippen LogP contribution in [0.4, 0.5) is 5.69 Å². The average molecular weight is 265 g/mol. The van der Waals surface area contributed by atoms with E-state index >= 15 is 0 Å². The molecular formula is C16H11NO3. The molecule has 0 fully saturated rings. The fraction of sp³-hybridized carbons (Fsp3) is 0.125. The van der Waals surface area contributed by atoms with Crippen LogP contribution in [0.25, 0.3) is 17.2 Å². The molecule has 0 saturated heterocycles. The van der Waals surface area contributed by atoms with Crippen LogP contribution in [0.3, 0.4) is 0 Å². The maximum atomic E-state index is 11.6. The lowest BCUT2D eigenvalue weighted by atomic mass is 9.91. The monoisotopic (exact) mass is 265 g/mol. The number of allylic oxidation sites excluding steroid dienone is 1. The van der Waals surface area contributed by atoms with Crippen molar-refractivity contribution >= 4 is 11.8 Å². The smallest absolute Gasteiger partial charge is 0.268 e. The molecule has 0 bridgehead atoms. The van der Waals surface area contributed by atoms with E-state index in [0.717, 1.165) is 29.8 Å². The molecule has 20 heavy (non-hydrogen) atoms. The Labute approximate surface area is 114 Å². The van der Waals surface area contributed by atoms with Crippen molar-refractivity contribution in [1.29, 1.82) is 0 Å². The van der Waals surface area contributed by atoms with Crippen LogP contribution < -0.4 is 15.8 Å². The molecule has 0 amide bonds. The van der Waals surface area contributed by atoms with E-state index in [1.165, 1.54) is 0 Å². The maximum absolute atomic E-state index is 11.6. The summed E-state index contributed by atoms with van der Waals surface area (Å²) in [6.45, 7) is 0.835. The number of benzene rings is 1. The van der Waals surface area contributed by atoms with Gasteiger partial charge in [-0.1, -0.05) is 18.2 Å². The summed E-state index contributed by atoms with van der Waals surface area (Å²) in [6.07, 6.45) is 8.98. The van der Waals surface area contributed by atoms with Crippen LogP contribution in [0.15, 0.2) is 40.1 Å². The van der Waals surface area contributed by atoms with Gasteiger partial charge in [-0.3, -0.25) is 9.59 Å². The Bertz CT molecular complexity index is 867. The van der Waals surface area contributed by atoms with E-state index in [4.69, 9.17) is 0 Å². The van der Waals surface area contributed by atoms with Crippen molar-refractivity contribution in [2.75, 3.05) is 11.4 Å². The zero-order valence-corrected chi connectivity index (χ0v) is 10.6. The van der Waals surface area contributed by atoms with E-state index < -0.39 is 16.6 Å². The minimum absolute atomic E-state index is 0.147. The second-order valence-corrected chi connectivity index (χ2v) is 5.10. The van der Waals surface area contributed by atoms with Gasteiger partial charge >= 0.3 is 0 Å². The molecule has 0 spiro atoms. The van der Waals surface area contributed by atoms with Crippen LogP contribution in [-0.2, 0) is 6.42 Å². The molecule has 4 nitrogen and oxygen atoms in total. The molecule has 0 aliphatic carbocycles. The van der Waals surface area contributed by atoms with Crippen LogP contribution in [0.2, 0.25) is 0 Å². The number of rotatable bonds is 1. The molecule has 4 rings (SSSR count). The van der Waals surface area contributed by atoms with Gasteiger partial charge in [0.15, 0.2) is 5.75 Å². The third kappa shape index (κ3) is 1.30. The van der Waals surface area contributed by atoms with Crippen LogP contribution in [-0.4, -0.2) is 11.7 Å². The Morgan fingerprint density at radius 1 is 1.10 bits per heavy atom. The minimum atomic E-state index is -0.788. The van der Waals surface area contributed by atoms with Crippen molar-refractivity contribution in [2.45, 2.75) is 6.42 Å². The van der Waals surface area contributed by atoms with E-state index in [9.17, 15) is 14.7 Å². The topological polar surface area (TPSA) is 57.6 Å². The third-order valence-corrected chi connectivity index (χ3v) is 3.90. The Hall–Kier alpha value is -2.62. The molecule has 0 atom stereocenters. The highest BCUT2D eigenvalue weighted by molar-refractivity contribution is 5.84. The molecule has 2 aliphatic rings. The SMILES string of the molecule is O=c1c(O)c(-c2cc3c4c(c2)CC=CN4CC=C3)c1=O. The Morgan fingerprint density at radius 3 is 2.75 bits per heavy atom. The van der Waals surface area contributed by atoms with Crippen molar-refractivity contribution in [3.63, 3.8) is 0 Å². The summed E-state index contributed by atoms with van der Waals surface area (Å²) in [4.78, 5) is 24.9. The van der Waals surface area contributed by atoms with Gasteiger partial charge in [-0.2, -0.15) is 0 Å². The molecule has 98 valence electrons. The first-order chi connectivity index (χ1) is 9.66. The normalized spacial score (nSPS) is 15.7. The van der Waals surface area contributed by atoms with Gasteiger partial charge < -0.3 is 10.0 Å². The van der Waals surface area contributed by atoms with Gasteiger partial charge in [0.05, 0.1) is 11.3 Å². The number of nitrogens with zero attached hydrogens (tertiary/aromatic N) is 1. The molecule has 0 unspecified atom stereocenters. The molecule has 2 aliphatic heterocycles. The van der Waals surface area contributed by atoms with Crippen molar-refractivity contribution in [3.05, 3.63) is 62.1 Å². The summed E-state index contributed by atoms with van der Waals surface area (Å²) in [5, 5.41) is 9.60. The summed E-state index contributed by atoms with van der Waals surface area (Å²) >= 11 is 0. The summed E-state index contributed by atoms with van der Waals surface area (Å²) in [6, 6.07) is 3.75. The Morgan fingerprint density at radius 2 is 1.95 bits per heavy atom. The fourth-order valence-corrected chi connectivity index (χ4v) is 2.97. The van der Waals surface area contributed by atoms with Crippen LogP contribution >= 0.6 is 0 Å². The van der Waals surface area contributed by atoms with Gasteiger partial charge in [0.2, 0.25) is 5.43 Å². The van der Waals surface area contributed by atoms with Crippen molar-refractivity contribution in [3.8, 4) is 16.9 Å². The second-order valence-electron chi connectivity index (χ2n) is 5.10. The van der Waals surface area contributed by atoms with Crippen LogP contribution in [0.5, 0.6) is 5.75 Å². The summed E-state index contributed by atoms with van der Waals surface area (Å²) in [5.41, 5.74) is 2.66. The van der Waals surface area contributed by atoms with E-state index in [0.29, 0.717) is 5.56 Å². The molecule has 2 aromatic rings. The second kappa shape index (κ2) is 3.70. The summed E-state index contributed by atoms with van der Waals surface area (Å²) < 4.78 is 0. The Kier molecular flexibility index (Phi) is 2.07. The number of anilines is 1. The van der Waals surface area contributed by atoms with Crippen LogP contribution in [0.1, 0.15) is 11.1 Å². The van der Waals surface area contributed by atoms with E-state index in [1.807, 2.05) is 24.3 Å². The van der Waals surface area contributed by atoms with Gasteiger partial charge in [0, 0.05) is 12.7 Å².